The van der Waals surface area contributed by atoms with E-state index in [-0.39, 0.29) is 5.91 Å². The molecule has 0 aliphatic carbocycles. The zero-order valence-electron chi connectivity index (χ0n) is 11.9. The second-order valence-corrected chi connectivity index (χ2v) is 6.53. The van der Waals surface area contributed by atoms with E-state index in [0.29, 0.717) is 32.4 Å². The number of hydrogen-bond donors (Lipinski definition) is 1. The molecule has 3 rings (SSSR count). The van der Waals surface area contributed by atoms with Gasteiger partial charge in [-0.25, -0.2) is 4.98 Å². The van der Waals surface area contributed by atoms with Gasteiger partial charge in [0.05, 0.1) is 24.0 Å². The molecular formula is C15H18N2O3S. The van der Waals surface area contributed by atoms with E-state index in [2.05, 4.69) is 4.98 Å². The maximum Gasteiger partial charge on any atom is 0.228 e. The van der Waals surface area contributed by atoms with Crippen molar-refractivity contribution in [3.8, 4) is 10.8 Å². The minimum Gasteiger partial charge on any atom is -0.462 e. The fraction of sp³-hybridized carbons (Fsp3) is 0.467. The van der Waals surface area contributed by atoms with Crippen LogP contribution in [0.4, 0.5) is 0 Å². The lowest BCUT2D eigenvalue weighted by atomic mass is 9.94. The van der Waals surface area contributed by atoms with Crippen molar-refractivity contribution in [2.45, 2.75) is 31.8 Å². The van der Waals surface area contributed by atoms with Gasteiger partial charge in [-0.2, -0.15) is 0 Å². The van der Waals surface area contributed by atoms with Gasteiger partial charge >= 0.3 is 0 Å². The van der Waals surface area contributed by atoms with Crippen molar-refractivity contribution >= 4 is 17.2 Å². The van der Waals surface area contributed by atoms with Gasteiger partial charge in [0.2, 0.25) is 5.91 Å². The molecule has 0 unspecified atom stereocenters. The molecule has 0 spiro atoms. The zero-order valence-corrected chi connectivity index (χ0v) is 12.7. The van der Waals surface area contributed by atoms with Crippen LogP contribution in [0.3, 0.4) is 0 Å². The molecule has 2 aromatic rings. The first-order valence-corrected chi connectivity index (χ1v) is 7.90. The topological polar surface area (TPSA) is 66.6 Å². The van der Waals surface area contributed by atoms with Gasteiger partial charge in [0, 0.05) is 18.5 Å². The lowest BCUT2D eigenvalue weighted by Gasteiger charge is -2.35. The first-order chi connectivity index (χ1) is 10.0. The number of aliphatic hydroxyl groups is 1. The highest BCUT2D eigenvalue weighted by atomic mass is 32.1. The number of thiazole rings is 1. The normalized spacial score (nSPS) is 17.9. The molecule has 2 aromatic heterocycles. The molecular weight excluding hydrogens is 288 g/mol. The van der Waals surface area contributed by atoms with E-state index >= 15 is 0 Å². The van der Waals surface area contributed by atoms with E-state index in [1.807, 2.05) is 29.3 Å². The highest BCUT2D eigenvalue weighted by molar-refractivity contribution is 7.13. The lowest BCUT2D eigenvalue weighted by molar-refractivity contribution is -0.134. The Balaban J connectivity index is 1.61. The Morgan fingerprint density at radius 1 is 1.52 bits per heavy atom. The molecule has 21 heavy (non-hydrogen) atoms. The summed E-state index contributed by atoms with van der Waals surface area (Å²) in [5.74, 6) is 0.800. The molecule has 0 saturated carbocycles. The number of rotatable bonds is 3. The Morgan fingerprint density at radius 2 is 2.29 bits per heavy atom. The number of furan rings is 1. The van der Waals surface area contributed by atoms with Crippen LogP contribution in [-0.2, 0) is 11.2 Å². The molecule has 5 nitrogen and oxygen atoms in total. The lowest BCUT2D eigenvalue weighted by Crippen LogP contribution is -2.45. The number of nitrogens with zero attached hydrogens (tertiary/aromatic N) is 2. The summed E-state index contributed by atoms with van der Waals surface area (Å²) < 4.78 is 5.30. The molecule has 1 N–H and O–H groups in total. The van der Waals surface area contributed by atoms with E-state index in [4.69, 9.17) is 4.42 Å². The molecule has 3 heterocycles. The van der Waals surface area contributed by atoms with Gasteiger partial charge in [0.25, 0.3) is 0 Å². The number of hydrogen-bond acceptors (Lipinski definition) is 5. The molecule has 112 valence electrons. The average Bonchev–Trinajstić information content (AvgIpc) is 3.08. The summed E-state index contributed by atoms with van der Waals surface area (Å²) in [6.45, 7) is 3.05. The Hall–Kier alpha value is -1.66. The Bertz CT molecular complexity index is 609. The van der Waals surface area contributed by atoms with Gasteiger partial charge in [0.1, 0.15) is 0 Å². The predicted octanol–water partition coefficient (Wildman–Crippen LogP) is 2.32. The standard InChI is InChI=1S/C15H18N2O3S/c1-15(19)4-6-17(7-5-15)13(18)9-11-10-21-14(16-11)12-3-2-8-20-12/h2-3,8,10,19H,4-7,9H2,1H3. The minimum absolute atomic E-state index is 0.0711. The van der Waals surface area contributed by atoms with Gasteiger partial charge in [0.15, 0.2) is 10.8 Å². The summed E-state index contributed by atoms with van der Waals surface area (Å²) in [6, 6.07) is 3.68. The fourth-order valence-electron chi connectivity index (χ4n) is 2.41. The van der Waals surface area contributed by atoms with Crippen molar-refractivity contribution < 1.29 is 14.3 Å². The van der Waals surface area contributed by atoms with Crippen LogP contribution in [-0.4, -0.2) is 39.6 Å². The van der Waals surface area contributed by atoms with E-state index < -0.39 is 5.60 Å². The molecule has 1 amide bonds. The van der Waals surface area contributed by atoms with Crippen molar-refractivity contribution in [2.24, 2.45) is 0 Å². The third-order valence-corrected chi connectivity index (χ3v) is 4.72. The van der Waals surface area contributed by atoms with Gasteiger partial charge < -0.3 is 14.4 Å². The third kappa shape index (κ3) is 3.33. The summed E-state index contributed by atoms with van der Waals surface area (Å²) >= 11 is 1.48. The van der Waals surface area contributed by atoms with E-state index in [0.717, 1.165) is 16.5 Å². The second kappa shape index (κ2) is 5.61. The van der Waals surface area contributed by atoms with Crippen molar-refractivity contribution in [1.82, 2.24) is 9.88 Å². The number of amides is 1. The minimum atomic E-state index is -0.635. The van der Waals surface area contributed by atoms with Gasteiger partial charge in [-0.05, 0) is 31.9 Å². The number of carbonyl (C=O) groups excluding carboxylic acids is 1. The summed E-state index contributed by atoms with van der Waals surface area (Å²) in [7, 11) is 0. The molecule has 0 radical (unpaired) electrons. The molecule has 1 saturated heterocycles. The monoisotopic (exact) mass is 306 g/mol. The van der Waals surface area contributed by atoms with E-state index in [1.165, 1.54) is 11.3 Å². The number of piperidine rings is 1. The quantitative estimate of drug-likeness (QED) is 0.945. The largest absolute Gasteiger partial charge is 0.462 e. The summed E-state index contributed by atoms with van der Waals surface area (Å²) in [5.41, 5.74) is 0.137. The molecule has 1 aliphatic heterocycles. The van der Waals surface area contributed by atoms with Crippen molar-refractivity contribution in [3.05, 3.63) is 29.5 Å². The van der Waals surface area contributed by atoms with E-state index in [1.54, 1.807) is 6.26 Å². The van der Waals surface area contributed by atoms with Crippen molar-refractivity contribution in [3.63, 3.8) is 0 Å². The molecule has 0 aromatic carbocycles. The molecule has 1 aliphatic rings. The van der Waals surface area contributed by atoms with Crippen molar-refractivity contribution in [1.29, 1.82) is 0 Å². The average molecular weight is 306 g/mol. The van der Waals surface area contributed by atoms with Crippen LogP contribution in [0, 0.1) is 0 Å². The van der Waals surface area contributed by atoms with E-state index in [9.17, 15) is 9.90 Å². The third-order valence-electron chi connectivity index (χ3n) is 3.81. The van der Waals surface area contributed by atoms with Gasteiger partial charge in [-0.15, -0.1) is 11.3 Å². The van der Waals surface area contributed by atoms with Gasteiger partial charge in [-0.1, -0.05) is 0 Å². The predicted molar refractivity (Wildman–Crippen MR) is 80.0 cm³/mol. The molecule has 1 fully saturated rings. The highest BCUT2D eigenvalue weighted by Crippen LogP contribution is 2.25. The van der Waals surface area contributed by atoms with Crippen LogP contribution < -0.4 is 0 Å². The second-order valence-electron chi connectivity index (χ2n) is 5.68. The fourth-order valence-corrected chi connectivity index (χ4v) is 3.19. The maximum atomic E-state index is 12.3. The molecule has 6 heteroatoms. The SMILES string of the molecule is CC1(O)CCN(C(=O)Cc2csc(-c3ccco3)n2)CC1. The Labute approximate surface area is 127 Å². The van der Waals surface area contributed by atoms with Gasteiger partial charge in [-0.3, -0.25) is 4.79 Å². The number of carbonyl (C=O) groups is 1. The molecule has 0 atom stereocenters. The Kier molecular flexibility index (Phi) is 3.82. The smallest absolute Gasteiger partial charge is 0.228 e. The first kappa shape index (κ1) is 14.3. The van der Waals surface area contributed by atoms with Crippen LogP contribution in [0.5, 0.6) is 0 Å². The number of aromatic nitrogens is 1. The first-order valence-electron chi connectivity index (χ1n) is 7.02. The summed E-state index contributed by atoms with van der Waals surface area (Å²) in [4.78, 5) is 18.5. The van der Waals surface area contributed by atoms with Crippen LogP contribution in [0.1, 0.15) is 25.5 Å². The maximum absolute atomic E-state index is 12.3. The zero-order chi connectivity index (χ0) is 14.9. The van der Waals surface area contributed by atoms with Crippen LogP contribution in [0.25, 0.3) is 10.8 Å². The van der Waals surface area contributed by atoms with Crippen LogP contribution in [0.15, 0.2) is 28.2 Å². The number of likely N-dealkylation sites (tertiary alicyclic amines) is 1. The summed E-state index contributed by atoms with van der Waals surface area (Å²) in [5, 5.41) is 12.6. The molecule has 0 bridgehead atoms. The highest BCUT2D eigenvalue weighted by Gasteiger charge is 2.29. The van der Waals surface area contributed by atoms with Crippen molar-refractivity contribution in [2.75, 3.05) is 13.1 Å². The Morgan fingerprint density at radius 3 is 2.95 bits per heavy atom. The van der Waals surface area contributed by atoms with Crippen LogP contribution >= 0.6 is 11.3 Å². The summed E-state index contributed by atoms with van der Waals surface area (Å²) in [6.07, 6.45) is 3.18. The van der Waals surface area contributed by atoms with Crippen LogP contribution in [0.2, 0.25) is 0 Å².